The molecule has 0 aliphatic carbocycles. The first-order valence-electron chi connectivity index (χ1n) is 5.27. The van der Waals surface area contributed by atoms with Gasteiger partial charge < -0.3 is 20.8 Å². The number of terminal acetylenes is 1. The Morgan fingerprint density at radius 3 is 2.47 bits per heavy atom. The number of amides is 2. The number of urea groups is 1. The van der Waals surface area contributed by atoms with Crippen LogP contribution < -0.4 is 10.6 Å². The summed E-state index contributed by atoms with van der Waals surface area (Å²) in [5.41, 5.74) is -0.633. The minimum Gasteiger partial charge on any atom is -0.394 e. The largest absolute Gasteiger partial charge is 0.394 e. The summed E-state index contributed by atoms with van der Waals surface area (Å²) >= 11 is 0. The monoisotopic (exact) mass is 270 g/mol. The fourth-order valence-electron chi connectivity index (χ4n) is 1.21. The van der Waals surface area contributed by atoms with Gasteiger partial charge in [0.2, 0.25) is 0 Å². The quantitative estimate of drug-likeness (QED) is 0.599. The molecule has 0 radical (unpaired) electrons. The molecule has 0 fully saturated rings. The van der Waals surface area contributed by atoms with Crippen molar-refractivity contribution in [3.05, 3.63) is 29.3 Å². The maximum atomic E-state index is 13.5. The van der Waals surface area contributed by atoms with E-state index in [1.807, 2.05) is 5.32 Å². The van der Waals surface area contributed by atoms with Gasteiger partial charge in [0, 0.05) is 12.1 Å². The van der Waals surface area contributed by atoms with E-state index in [4.69, 9.17) is 16.6 Å². The van der Waals surface area contributed by atoms with E-state index in [0.29, 0.717) is 0 Å². The zero-order valence-electron chi connectivity index (χ0n) is 9.78. The van der Waals surface area contributed by atoms with Crippen molar-refractivity contribution in [2.75, 3.05) is 18.5 Å². The SMILES string of the molecule is C#Cc1cc(F)c(NC(=O)NCC(O)CO)c(F)c1. The van der Waals surface area contributed by atoms with E-state index in [2.05, 4.69) is 11.2 Å². The van der Waals surface area contributed by atoms with Crippen molar-refractivity contribution in [1.82, 2.24) is 5.32 Å². The van der Waals surface area contributed by atoms with Crippen molar-refractivity contribution in [3.8, 4) is 12.3 Å². The highest BCUT2D eigenvalue weighted by Crippen LogP contribution is 2.20. The summed E-state index contributed by atoms with van der Waals surface area (Å²) in [5.74, 6) is 0.0507. The van der Waals surface area contributed by atoms with Crippen LogP contribution in [0.2, 0.25) is 0 Å². The van der Waals surface area contributed by atoms with E-state index < -0.39 is 36.1 Å². The Bertz CT molecular complexity index is 491. The lowest BCUT2D eigenvalue weighted by Gasteiger charge is -2.11. The second kappa shape index (κ2) is 6.68. The molecule has 1 aromatic rings. The number of hydrogen-bond donors (Lipinski definition) is 4. The molecule has 7 heteroatoms. The Morgan fingerprint density at radius 2 is 2.00 bits per heavy atom. The van der Waals surface area contributed by atoms with Crippen LogP contribution in [0.15, 0.2) is 12.1 Å². The van der Waals surface area contributed by atoms with Gasteiger partial charge in [0.25, 0.3) is 0 Å². The number of benzene rings is 1. The first-order chi connectivity index (χ1) is 8.97. The van der Waals surface area contributed by atoms with Crippen LogP contribution >= 0.6 is 0 Å². The predicted molar refractivity (Wildman–Crippen MR) is 64.4 cm³/mol. The smallest absolute Gasteiger partial charge is 0.319 e. The van der Waals surface area contributed by atoms with E-state index in [9.17, 15) is 13.6 Å². The molecule has 1 atom stereocenters. The maximum Gasteiger partial charge on any atom is 0.319 e. The highest BCUT2D eigenvalue weighted by Gasteiger charge is 2.14. The van der Waals surface area contributed by atoms with E-state index in [-0.39, 0.29) is 12.1 Å². The molecule has 1 unspecified atom stereocenters. The van der Waals surface area contributed by atoms with Crippen LogP contribution in [-0.2, 0) is 0 Å². The third-order valence-electron chi connectivity index (χ3n) is 2.16. The summed E-state index contributed by atoms with van der Waals surface area (Å²) in [6.45, 7) is -0.798. The second-order valence-electron chi connectivity index (χ2n) is 3.63. The fraction of sp³-hybridized carbons (Fsp3) is 0.250. The van der Waals surface area contributed by atoms with Crippen LogP contribution in [0.25, 0.3) is 0 Å². The molecule has 19 heavy (non-hydrogen) atoms. The number of hydrogen-bond acceptors (Lipinski definition) is 3. The van der Waals surface area contributed by atoms with Crippen molar-refractivity contribution in [1.29, 1.82) is 0 Å². The molecule has 0 aromatic heterocycles. The number of aliphatic hydroxyl groups is 2. The van der Waals surface area contributed by atoms with Gasteiger partial charge in [-0.2, -0.15) is 0 Å². The molecular weight excluding hydrogens is 258 g/mol. The summed E-state index contributed by atoms with van der Waals surface area (Å²) < 4.78 is 26.9. The van der Waals surface area contributed by atoms with Crippen molar-refractivity contribution < 1.29 is 23.8 Å². The summed E-state index contributed by atoms with van der Waals surface area (Å²) in [4.78, 5) is 11.3. The molecule has 0 heterocycles. The standard InChI is InChI=1S/C12H12F2N2O3/c1-2-7-3-9(13)11(10(14)4-7)16-12(19)15-5-8(18)6-17/h1,3-4,8,17-18H,5-6H2,(H2,15,16,19). The Balaban J connectivity index is 2.72. The van der Waals surface area contributed by atoms with Gasteiger partial charge in [-0.05, 0) is 12.1 Å². The molecule has 0 aliphatic heterocycles. The van der Waals surface area contributed by atoms with Crippen LogP contribution in [0.4, 0.5) is 19.3 Å². The number of nitrogens with one attached hydrogen (secondary N) is 2. The number of halogens is 2. The highest BCUT2D eigenvalue weighted by molar-refractivity contribution is 5.89. The molecule has 0 saturated carbocycles. The van der Waals surface area contributed by atoms with E-state index >= 15 is 0 Å². The normalized spacial score (nSPS) is 11.5. The van der Waals surface area contributed by atoms with E-state index in [0.717, 1.165) is 12.1 Å². The average Bonchev–Trinajstić information content (AvgIpc) is 2.39. The molecule has 102 valence electrons. The fourth-order valence-corrected chi connectivity index (χ4v) is 1.21. The lowest BCUT2D eigenvalue weighted by molar-refractivity contribution is 0.0965. The van der Waals surface area contributed by atoms with E-state index in [1.54, 1.807) is 0 Å². The van der Waals surface area contributed by atoms with Gasteiger partial charge in [-0.25, -0.2) is 13.6 Å². The van der Waals surface area contributed by atoms with Crippen LogP contribution in [0.3, 0.4) is 0 Å². The number of aliphatic hydroxyl groups excluding tert-OH is 2. The summed E-state index contributed by atoms with van der Waals surface area (Å²) in [6.07, 6.45) is 3.85. The minimum atomic E-state index is -1.15. The molecule has 2 amide bonds. The molecule has 0 aliphatic rings. The first-order valence-corrected chi connectivity index (χ1v) is 5.27. The van der Waals surface area contributed by atoms with Gasteiger partial charge in [0.15, 0.2) is 11.6 Å². The Hall–Kier alpha value is -2.17. The van der Waals surface area contributed by atoms with Crippen molar-refractivity contribution in [3.63, 3.8) is 0 Å². The number of anilines is 1. The Kier molecular flexibility index (Phi) is 5.23. The van der Waals surface area contributed by atoms with Crippen molar-refractivity contribution in [2.45, 2.75) is 6.10 Å². The van der Waals surface area contributed by atoms with Gasteiger partial charge in [-0.1, -0.05) is 5.92 Å². The van der Waals surface area contributed by atoms with Crippen molar-refractivity contribution in [2.24, 2.45) is 0 Å². The third kappa shape index (κ3) is 4.21. The number of carbonyl (C=O) groups is 1. The first kappa shape index (κ1) is 14.9. The molecular formula is C12H12F2N2O3. The summed E-state index contributed by atoms with van der Waals surface area (Å²) in [6, 6.07) is 0.890. The zero-order chi connectivity index (χ0) is 14.4. The lowest BCUT2D eigenvalue weighted by Crippen LogP contribution is -2.37. The van der Waals surface area contributed by atoms with Gasteiger partial charge in [0.1, 0.15) is 5.69 Å². The third-order valence-corrected chi connectivity index (χ3v) is 2.16. The number of rotatable bonds is 4. The van der Waals surface area contributed by atoms with E-state index in [1.165, 1.54) is 0 Å². The maximum absolute atomic E-state index is 13.5. The molecule has 1 aromatic carbocycles. The highest BCUT2D eigenvalue weighted by atomic mass is 19.1. The van der Waals surface area contributed by atoms with Gasteiger partial charge in [0.05, 0.1) is 12.7 Å². The minimum absolute atomic E-state index is 0.0108. The molecule has 5 nitrogen and oxygen atoms in total. The molecule has 0 bridgehead atoms. The van der Waals surface area contributed by atoms with Crippen LogP contribution in [0.5, 0.6) is 0 Å². The van der Waals surface area contributed by atoms with Crippen LogP contribution in [0, 0.1) is 24.0 Å². The Labute approximate surface area is 108 Å². The van der Waals surface area contributed by atoms with Gasteiger partial charge >= 0.3 is 6.03 Å². The number of carbonyl (C=O) groups excluding carboxylic acids is 1. The topological polar surface area (TPSA) is 81.6 Å². The summed E-state index contributed by atoms with van der Waals surface area (Å²) in [7, 11) is 0. The molecule has 1 rings (SSSR count). The molecule has 4 N–H and O–H groups in total. The van der Waals surface area contributed by atoms with Gasteiger partial charge in [-0.3, -0.25) is 0 Å². The molecule has 0 spiro atoms. The average molecular weight is 270 g/mol. The van der Waals surface area contributed by atoms with Gasteiger partial charge in [-0.15, -0.1) is 6.42 Å². The second-order valence-corrected chi connectivity index (χ2v) is 3.63. The van der Waals surface area contributed by atoms with Crippen LogP contribution in [0.1, 0.15) is 5.56 Å². The zero-order valence-corrected chi connectivity index (χ0v) is 9.78. The van der Waals surface area contributed by atoms with Crippen LogP contribution in [-0.4, -0.2) is 35.5 Å². The summed E-state index contributed by atoms with van der Waals surface area (Å²) in [5, 5.41) is 21.6. The lowest BCUT2D eigenvalue weighted by atomic mass is 10.2. The predicted octanol–water partition coefficient (Wildman–Crippen LogP) is 0.421. The Morgan fingerprint density at radius 1 is 1.42 bits per heavy atom. The molecule has 0 saturated heterocycles. The van der Waals surface area contributed by atoms with Crippen molar-refractivity contribution >= 4 is 11.7 Å².